The predicted octanol–water partition coefficient (Wildman–Crippen LogP) is 1.23. The molecule has 0 saturated heterocycles. The maximum atomic E-state index is 11.8. The van der Waals surface area contributed by atoms with Gasteiger partial charge in [-0.25, -0.2) is 0 Å². The van der Waals surface area contributed by atoms with Crippen molar-refractivity contribution in [2.45, 2.75) is 20.0 Å². The maximum Gasteiger partial charge on any atom is 0.251 e. The molecular formula is C12H14N4O. The summed E-state index contributed by atoms with van der Waals surface area (Å²) in [6.45, 7) is 3.30. The normalized spacial score (nSPS) is 10.2. The van der Waals surface area contributed by atoms with E-state index < -0.39 is 0 Å². The zero-order chi connectivity index (χ0) is 12.1. The van der Waals surface area contributed by atoms with Crippen LogP contribution in [0.15, 0.2) is 36.8 Å². The number of amides is 1. The molecule has 0 radical (unpaired) electrons. The molecule has 17 heavy (non-hydrogen) atoms. The summed E-state index contributed by atoms with van der Waals surface area (Å²) in [5.41, 5.74) is 1.61. The van der Waals surface area contributed by atoms with Crippen LogP contribution in [-0.2, 0) is 13.1 Å². The van der Waals surface area contributed by atoms with Crippen LogP contribution in [0.3, 0.4) is 0 Å². The van der Waals surface area contributed by atoms with Crippen LogP contribution in [0.25, 0.3) is 0 Å². The smallest absolute Gasteiger partial charge is 0.251 e. The van der Waals surface area contributed by atoms with Crippen molar-refractivity contribution in [1.29, 1.82) is 0 Å². The lowest BCUT2D eigenvalue weighted by molar-refractivity contribution is 0.0950. The Morgan fingerprint density at radius 1 is 1.29 bits per heavy atom. The first-order valence-corrected chi connectivity index (χ1v) is 5.50. The van der Waals surface area contributed by atoms with E-state index in [1.165, 1.54) is 0 Å². The lowest BCUT2D eigenvalue weighted by atomic mass is 10.2. The van der Waals surface area contributed by atoms with Gasteiger partial charge in [0, 0.05) is 30.7 Å². The number of hydrogen-bond donors (Lipinski definition) is 1. The summed E-state index contributed by atoms with van der Waals surface area (Å²) in [6.07, 6.45) is 4.94. The van der Waals surface area contributed by atoms with Crippen molar-refractivity contribution in [1.82, 2.24) is 20.1 Å². The molecule has 0 unspecified atom stereocenters. The minimum atomic E-state index is -0.101. The van der Waals surface area contributed by atoms with Crippen LogP contribution < -0.4 is 5.32 Å². The lowest BCUT2D eigenvalue weighted by Crippen LogP contribution is -2.24. The van der Waals surface area contributed by atoms with E-state index in [0.29, 0.717) is 12.1 Å². The predicted molar refractivity (Wildman–Crippen MR) is 63.3 cm³/mol. The van der Waals surface area contributed by atoms with Crippen molar-refractivity contribution in [3.05, 3.63) is 48.0 Å². The van der Waals surface area contributed by atoms with Crippen LogP contribution in [0.2, 0.25) is 0 Å². The number of nitrogens with one attached hydrogen (secondary N) is 1. The summed E-state index contributed by atoms with van der Waals surface area (Å²) < 4.78 is 1.85. The SMILES string of the molecule is CCn1nccc1CNC(=O)c1ccncc1. The molecule has 88 valence electrons. The first-order chi connectivity index (χ1) is 8.31. The number of hydrogen-bond acceptors (Lipinski definition) is 3. The Morgan fingerprint density at radius 2 is 2.06 bits per heavy atom. The summed E-state index contributed by atoms with van der Waals surface area (Å²) in [7, 11) is 0. The Bertz CT molecular complexity index is 492. The number of rotatable bonds is 4. The molecule has 2 aromatic rings. The van der Waals surface area contributed by atoms with Crippen LogP contribution in [0.4, 0.5) is 0 Å². The van der Waals surface area contributed by atoms with Gasteiger partial charge in [0.2, 0.25) is 0 Å². The van der Waals surface area contributed by atoms with Gasteiger partial charge in [0.15, 0.2) is 0 Å². The molecule has 0 fully saturated rings. The number of aromatic nitrogens is 3. The fourth-order valence-electron chi connectivity index (χ4n) is 1.57. The summed E-state index contributed by atoms with van der Waals surface area (Å²) in [4.78, 5) is 15.6. The highest BCUT2D eigenvalue weighted by atomic mass is 16.1. The van der Waals surface area contributed by atoms with Crippen molar-refractivity contribution in [3.63, 3.8) is 0 Å². The van der Waals surface area contributed by atoms with E-state index in [0.717, 1.165) is 12.2 Å². The Hall–Kier alpha value is -2.17. The minimum Gasteiger partial charge on any atom is -0.346 e. The van der Waals surface area contributed by atoms with Crippen LogP contribution in [0.1, 0.15) is 23.0 Å². The highest BCUT2D eigenvalue weighted by Crippen LogP contribution is 2.00. The molecule has 0 aromatic carbocycles. The van der Waals surface area contributed by atoms with E-state index in [4.69, 9.17) is 0 Å². The molecule has 2 rings (SSSR count). The maximum absolute atomic E-state index is 11.8. The van der Waals surface area contributed by atoms with Gasteiger partial charge in [0.1, 0.15) is 0 Å². The molecule has 1 amide bonds. The molecular weight excluding hydrogens is 216 g/mol. The van der Waals surface area contributed by atoms with Crippen LogP contribution in [0.5, 0.6) is 0 Å². The first-order valence-electron chi connectivity index (χ1n) is 5.50. The Kier molecular flexibility index (Phi) is 3.49. The van der Waals surface area contributed by atoms with Gasteiger partial charge in [-0.2, -0.15) is 5.10 Å². The molecule has 0 bridgehead atoms. The lowest BCUT2D eigenvalue weighted by Gasteiger charge is -2.06. The van der Waals surface area contributed by atoms with Gasteiger partial charge >= 0.3 is 0 Å². The van der Waals surface area contributed by atoms with E-state index in [9.17, 15) is 4.79 Å². The highest BCUT2D eigenvalue weighted by Gasteiger charge is 2.06. The monoisotopic (exact) mass is 230 g/mol. The molecule has 0 saturated carbocycles. The molecule has 0 spiro atoms. The summed E-state index contributed by atoms with van der Waals surface area (Å²) in [5.74, 6) is -0.101. The third kappa shape index (κ3) is 2.69. The fraction of sp³-hybridized carbons (Fsp3) is 0.250. The van der Waals surface area contributed by atoms with Crippen LogP contribution in [0, 0.1) is 0 Å². The molecule has 1 N–H and O–H groups in total. The highest BCUT2D eigenvalue weighted by molar-refractivity contribution is 5.93. The van der Waals surface area contributed by atoms with E-state index in [1.54, 1.807) is 30.7 Å². The number of carbonyl (C=O) groups excluding carboxylic acids is 1. The molecule has 2 aromatic heterocycles. The molecule has 0 aliphatic rings. The van der Waals surface area contributed by atoms with Crippen molar-refractivity contribution in [2.75, 3.05) is 0 Å². The third-order valence-electron chi connectivity index (χ3n) is 2.48. The third-order valence-corrected chi connectivity index (χ3v) is 2.48. The van der Waals surface area contributed by atoms with Gasteiger partial charge in [-0.1, -0.05) is 0 Å². The second-order valence-corrected chi connectivity index (χ2v) is 3.56. The van der Waals surface area contributed by atoms with Crippen molar-refractivity contribution in [3.8, 4) is 0 Å². The van der Waals surface area contributed by atoms with Crippen molar-refractivity contribution >= 4 is 5.91 Å². The second-order valence-electron chi connectivity index (χ2n) is 3.56. The molecule has 0 atom stereocenters. The quantitative estimate of drug-likeness (QED) is 0.859. The fourth-order valence-corrected chi connectivity index (χ4v) is 1.57. The zero-order valence-corrected chi connectivity index (χ0v) is 9.63. The number of nitrogens with zero attached hydrogens (tertiary/aromatic N) is 3. The van der Waals surface area contributed by atoms with E-state index >= 15 is 0 Å². The Morgan fingerprint density at radius 3 is 2.76 bits per heavy atom. The topological polar surface area (TPSA) is 59.8 Å². The van der Waals surface area contributed by atoms with Gasteiger partial charge in [0.05, 0.1) is 12.2 Å². The van der Waals surface area contributed by atoms with Gasteiger partial charge < -0.3 is 5.32 Å². The summed E-state index contributed by atoms with van der Waals surface area (Å²) >= 11 is 0. The average molecular weight is 230 g/mol. The van der Waals surface area contributed by atoms with Gasteiger partial charge in [-0.15, -0.1) is 0 Å². The number of carbonyl (C=O) groups is 1. The number of aryl methyl sites for hydroxylation is 1. The van der Waals surface area contributed by atoms with Gasteiger partial charge in [0.25, 0.3) is 5.91 Å². The van der Waals surface area contributed by atoms with Gasteiger partial charge in [-0.05, 0) is 25.1 Å². The average Bonchev–Trinajstić information content (AvgIpc) is 2.84. The Balaban J connectivity index is 1.97. The zero-order valence-electron chi connectivity index (χ0n) is 9.63. The standard InChI is InChI=1S/C12H14N4O/c1-2-16-11(5-8-15-16)9-14-12(17)10-3-6-13-7-4-10/h3-8H,2,9H2,1H3,(H,14,17). The molecule has 0 aliphatic carbocycles. The van der Waals surface area contributed by atoms with Crippen LogP contribution >= 0.6 is 0 Å². The molecule has 5 nitrogen and oxygen atoms in total. The molecule has 5 heteroatoms. The van der Waals surface area contributed by atoms with Crippen molar-refractivity contribution in [2.24, 2.45) is 0 Å². The van der Waals surface area contributed by atoms with E-state index in [2.05, 4.69) is 15.4 Å². The molecule has 2 heterocycles. The molecule has 0 aliphatic heterocycles. The first kappa shape index (κ1) is 11.3. The Labute approximate surface area is 99.5 Å². The summed E-state index contributed by atoms with van der Waals surface area (Å²) in [5, 5.41) is 6.99. The van der Waals surface area contributed by atoms with E-state index in [1.807, 2.05) is 17.7 Å². The van der Waals surface area contributed by atoms with Crippen LogP contribution in [-0.4, -0.2) is 20.7 Å². The van der Waals surface area contributed by atoms with Gasteiger partial charge in [-0.3, -0.25) is 14.5 Å². The van der Waals surface area contributed by atoms with Crippen molar-refractivity contribution < 1.29 is 4.79 Å². The largest absolute Gasteiger partial charge is 0.346 e. The summed E-state index contributed by atoms with van der Waals surface area (Å²) in [6, 6.07) is 5.27. The number of pyridine rings is 1. The minimum absolute atomic E-state index is 0.101. The second kappa shape index (κ2) is 5.25. The van der Waals surface area contributed by atoms with E-state index in [-0.39, 0.29) is 5.91 Å².